The molecule has 0 unspecified atom stereocenters. The van der Waals surface area contributed by atoms with Gasteiger partial charge in [-0.25, -0.2) is 0 Å². The fraction of sp³-hybridized carbons (Fsp3) is 0.538. The molecule has 0 aliphatic heterocycles. The second kappa shape index (κ2) is 5.00. The van der Waals surface area contributed by atoms with E-state index < -0.39 is 0 Å². The standard InChI is InChI=1S/C13H19N.ClH/c1-9-4-3-5-10(2)13(9)12(14)8-11-6-7-11;/h3-5,11-12H,6-8,14H2,1-2H3;1H/t12-;/m1./s1. The lowest BCUT2D eigenvalue weighted by Crippen LogP contribution is -2.13. The Kier molecular flexibility index (Phi) is 4.18. The van der Waals surface area contributed by atoms with Gasteiger partial charge in [0.05, 0.1) is 0 Å². The average molecular weight is 226 g/mol. The van der Waals surface area contributed by atoms with Crippen LogP contribution in [0, 0.1) is 19.8 Å². The molecule has 0 bridgehead atoms. The van der Waals surface area contributed by atoms with Crippen LogP contribution in [0.15, 0.2) is 18.2 Å². The fourth-order valence-corrected chi connectivity index (χ4v) is 2.24. The summed E-state index contributed by atoms with van der Waals surface area (Å²) in [5, 5.41) is 0. The van der Waals surface area contributed by atoms with Crippen molar-refractivity contribution in [2.75, 3.05) is 0 Å². The highest BCUT2D eigenvalue weighted by Crippen LogP contribution is 2.37. The molecule has 1 aromatic carbocycles. The molecule has 1 fully saturated rings. The van der Waals surface area contributed by atoms with Crippen molar-refractivity contribution in [1.82, 2.24) is 0 Å². The van der Waals surface area contributed by atoms with Gasteiger partial charge in [-0.1, -0.05) is 31.0 Å². The van der Waals surface area contributed by atoms with Crippen LogP contribution in [0.25, 0.3) is 0 Å². The molecule has 2 rings (SSSR count). The van der Waals surface area contributed by atoms with Gasteiger partial charge in [-0.3, -0.25) is 0 Å². The van der Waals surface area contributed by atoms with Crippen LogP contribution in [0.2, 0.25) is 0 Å². The van der Waals surface area contributed by atoms with E-state index in [9.17, 15) is 0 Å². The first kappa shape index (κ1) is 12.5. The molecule has 0 spiro atoms. The van der Waals surface area contributed by atoms with E-state index in [-0.39, 0.29) is 18.4 Å². The Hall–Kier alpha value is -0.530. The summed E-state index contributed by atoms with van der Waals surface area (Å²) >= 11 is 0. The molecule has 0 amide bonds. The van der Waals surface area contributed by atoms with E-state index in [0.29, 0.717) is 0 Å². The first-order valence-electron chi connectivity index (χ1n) is 5.50. The highest BCUT2D eigenvalue weighted by atomic mass is 35.5. The molecule has 15 heavy (non-hydrogen) atoms. The van der Waals surface area contributed by atoms with Gasteiger partial charge < -0.3 is 5.73 Å². The predicted octanol–water partition coefficient (Wildman–Crippen LogP) is 3.53. The number of rotatable bonds is 3. The Morgan fingerprint density at radius 3 is 2.27 bits per heavy atom. The van der Waals surface area contributed by atoms with Crippen molar-refractivity contribution in [3.8, 4) is 0 Å². The molecular formula is C13H20ClN. The highest BCUT2D eigenvalue weighted by molar-refractivity contribution is 5.85. The fourth-order valence-electron chi connectivity index (χ4n) is 2.24. The van der Waals surface area contributed by atoms with Crippen LogP contribution in [-0.4, -0.2) is 0 Å². The summed E-state index contributed by atoms with van der Waals surface area (Å²) in [7, 11) is 0. The van der Waals surface area contributed by atoms with Crippen molar-refractivity contribution >= 4 is 12.4 Å². The van der Waals surface area contributed by atoms with E-state index in [0.717, 1.165) is 5.92 Å². The largest absolute Gasteiger partial charge is 0.324 e. The zero-order valence-corrected chi connectivity index (χ0v) is 10.3. The number of aryl methyl sites for hydroxylation is 2. The summed E-state index contributed by atoms with van der Waals surface area (Å²) in [5.74, 6) is 0.906. The van der Waals surface area contributed by atoms with E-state index in [2.05, 4.69) is 32.0 Å². The van der Waals surface area contributed by atoms with Crippen molar-refractivity contribution in [1.29, 1.82) is 0 Å². The smallest absolute Gasteiger partial charge is 0.0302 e. The lowest BCUT2D eigenvalue weighted by atomic mass is 9.93. The first-order chi connectivity index (χ1) is 6.68. The Balaban J connectivity index is 0.00000112. The molecule has 1 nitrogen and oxygen atoms in total. The van der Waals surface area contributed by atoms with Crippen LogP contribution in [-0.2, 0) is 0 Å². The van der Waals surface area contributed by atoms with Crippen LogP contribution < -0.4 is 5.73 Å². The van der Waals surface area contributed by atoms with Crippen LogP contribution >= 0.6 is 12.4 Å². The van der Waals surface area contributed by atoms with Gasteiger partial charge in [0.1, 0.15) is 0 Å². The lowest BCUT2D eigenvalue weighted by molar-refractivity contribution is 0.592. The van der Waals surface area contributed by atoms with E-state index in [1.165, 1.54) is 36.0 Å². The summed E-state index contributed by atoms with van der Waals surface area (Å²) in [4.78, 5) is 0. The van der Waals surface area contributed by atoms with E-state index in [4.69, 9.17) is 5.73 Å². The predicted molar refractivity (Wildman–Crippen MR) is 67.4 cm³/mol. The molecule has 2 heteroatoms. The van der Waals surface area contributed by atoms with Gasteiger partial charge in [-0.15, -0.1) is 12.4 Å². The molecular weight excluding hydrogens is 206 g/mol. The third-order valence-electron chi connectivity index (χ3n) is 3.20. The van der Waals surface area contributed by atoms with Gasteiger partial charge in [0.2, 0.25) is 0 Å². The van der Waals surface area contributed by atoms with Crippen molar-refractivity contribution in [3.63, 3.8) is 0 Å². The maximum atomic E-state index is 6.24. The zero-order valence-electron chi connectivity index (χ0n) is 9.49. The molecule has 1 aliphatic rings. The Morgan fingerprint density at radius 1 is 1.27 bits per heavy atom. The van der Waals surface area contributed by atoms with Gasteiger partial charge >= 0.3 is 0 Å². The molecule has 1 aromatic rings. The van der Waals surface area contributed by atoms with E-state index in [1.54, 1.807) is 0 Å². The van der Waals surface area contributed by atoms with Gasteiger partial charge in [0, 0.05) is 6.04 Å². The molecule has 1 atom stereocenters. The summed E-state index contributed by atoms with van der Waals surface area (Å²) in [5.41, 5.74) is 10.3. The number of hydrogen-bond acceptors (Lipinski definition) is 1. The minimum Gasteiger partial charge on any atom is -0.324 e. The molecule has 1 saturated carbocycles. The minimum absolute atomic E-state index is 0. The third-order valence-corrected chi connectivity index (χ3v) is 3.20. The topological polar surface area (TPSA) is 26.0 Å². The van der Waals surface area contributed by atoms with Gasteiger partial charge in [-0.2, -0.15) is 0 Å². The summed E-state index contributed by atoms with van der Waals surface area (Å²) in [6.07, 6.45) is 3.95. The number of halogens is 1. The summed E-state index contributed by atoms with van der Waals surface area (Å²) < 4.78 is 0. The molecule has 0 heterocycles. The summed E-state index contributed by atoms with van der Waals surface area (Å²) in [6, 6.07) is 6.69. The number of nitrogens with two attached hydrogens (primary N) is 1. The summed E-state index contributed by atoms with van der Waals surface area (Å²) in [6.45, 7) is 4.32. The molecule has 84 valence electrons. The SMILES string of the molecule is Cc1cccc(C)c1[C@H](N)CC1CC1.Cl. The van der Waals surface area contributed by atoms with Crippen molar-refractivity contribution < 1.29 is 0 Å². The van der Waals surface area contributed by atoms with Crippen LogP contribution in [0.3, 0.4) is 0 Å². The van der Waals surface area contributed by atoms with E-state index >= 15 is 0 Å². The number of hydrogen-bond donors (Lipinski definition) is 1. The maximum Gasteiger partial charge on any atom is 0.0302 e. The van der Waals surface area contributed by atoms with Gasteiger partial charge in [0.15, 0.2) is 0 Å². The number of benzene rings is 1. The van der Waals surface area contributed by atoms with Crippen LogP contribution in [0.4, 0.5) is 0 Å². The molecule has 1 aliphatic carbocycles. The van der Waals surface area contributed by atoms with Crippen LogP contribution in [0.5, 0.6) is 0 Å². The van der Waals surface area contributed by atoms with Crippen molar-refractivity contribution in [3.05, 3.63) is 34.9 Å². The minimum atomic E-state index is 0. The monoisotopic (exact) mass is 225 g/mol. The highest BCUT2D eigenvalue weighted by Gasteiger charge is 2.25. The molecule has 2 N–H and O–H groups in total. The molecule has 0 radical (unpaired) electrons. The van der Waals surface area contributed by atoms with Crippen LogP contribution in [0.1, 0.15) is 42.0 Å². The lowest BCUT2D eigenvalue weighted by Gasteiger charge is -2.17. The second-order valence-corrected chi connectivity index (χ2v) is 4.59. The quantitative estimate of drug-likeness (QED) is 0.837. The maximum absolute atomic E-state index is 6.24. The molecule has 0 aromatic heterocycles. The Bertz CT molecular complexity index is 311. The van der Waals surface area contributed by atoms with E-state index in [1.807, 2.05) is 0 Å². The third kappa shape index (κ3) is 2.96. The van der Waals surface area contributed by atoms with Crippen molar-refractivity contribution in [2.45, 2.75) is 39.2 Å². The Labute approximate surface area is 98.5 Å². The van der Waals surface area contributed by atoms with Crippen molar-refractivity contribution in [2.24, 2.45) is 11.7 Å². The zero-order chi connectivity index (χ0) is 10.1. The second-order valence-electron chi connectivity index (χ2n) is 4.59. The Morgan fingerprint density at radius 2 is 1.80 bits per heavy atom. The first-order valence-corrected chi connectivity index (χ1v) is 5.50. The normalized spacial score (nSPS) is 17.0. The van der Waals surface area contributed by atoms with Gasteiger partial charge in [-0.05, 0) is 42.9 Å². The molecule has 0 saturated heterocycles. The average Bonchev–Trinajstić information content (AvgIpc) is 2.87. The van der Waals surface area contributed by atoms with Gasteiger partial charge in [0.25, 0.3) is 0 Å².